The Balaban J connectivity index is 2.00. The molecule has 118 valence electrons. The van der Waals surface area contributed by atoms with E-state index in [0.717, 1.165) is 32.1 Å². The van der Waals surface area contributed by atoms with Crippen molar-refractivity contribution in [1.82, 2.24) is 10.2 Å². The third kappa shape index (κ3) is 3.86. The molecule has 2 rings (SSSR count). The standard InChI is InChI=1S/C14H23N3O4/c15-12(18)8-17(9-4-1-2-5-9)14(21)16-11-7-3-6-10(11)13(19)20/h9-11H,1-8H2,(H2,15,18)(H,16,21)(H,19,20). The average molecular weight is 297 g/mol. The first-order valence-corrected chi connectivity index (χ1v) is 7.57. The van der Waals surface area contributed by atoms with Crippen LogP contribution in [0.3, 0.4) is 0 Å². The van der Waals surface area contributed by atoms with Gasteiger partial charge in [0, 0.05) is 12.1 Å². The molecular formula is C14H23N3O4. The van der Waals surface area contributed by atoms with E-state index in [-0.39, 0.29) is 24.7 Å². The molecule has 7 nitrogen and oxygen atoms in total. The quantitative estimate of drug-likeness (QED) is 0.692. The molecule has 2 unspecified atom stereocenters. The zero-order valence-electron chi connectivity index (χ0n) is 12.1. The lowest BCUT2D eigenvalue weighted by Gasteiger charge is -2.30. The number of nitrogens with zero attached hydrogens (tertiary/aromatic N) is 1. The SMILES string of the molecule is NC(=O)CN(C(=O)NC1CCCC1C(=O)O)C1CCCC1. The third-order valence-electron chi connectivity index (χ3n) is 4.49. The van der Waals surface area contributed by atoms with Crippen molar-refractivity contribution in [1.29, 1.82) is 0 Å². The second kappa shape index (κ2) is 6.78. The maximum absolute atomic E-state index is 12.4. The Bertz CT molecular complexity index is 420. The first-order valence-electron chi connectivity index (χ1n) is 7.57. The number of aliphatic carboxylic acids is 1. The normalized spacial score (nSPS) is 25.7. The number of carboxylic acid groups (broad SMARTS) is 1. The Labute approximate surface area is 123 Å². The number of primary amides is 1. The van der Waals surface area contributed by atoms with Crippen molar-refractivity contribution in [3.8, 4) is 0 Å². The van der Waals surface area contributed by atoms with Crippen LogP contribution in [0, 0.1) is 5.92 Å². The minimum atomic E-state index is -0.875. The van der Waals surface area contributed by atoms with Gasteiger partial charge in [0.1, 0.15) is 6.54 Å². The lowest BCUT2D eigenvalue weighted by molar-refractivity contribution is -0.142. The largest absolute Gasteiger partial charge is 0.481 e. The summed E-state index contributed by atoms with van der Waals surface area (Å²) in [6.07, 6.45) is 5.85. The fourth-order valence-electron chi connectivity index (χ4n) is 3.42. The van der Waals surface area contributed by atoms with Crippen molar-refractivity contribution in [2.75, 3.05) is 6.54 Å². The monoisotopic (exact) mass is 297 g/mol. The van der Waals surface area contributed by atoms with Gasteiger partial charge in [-0.2, -0.15) is 0 Å². The number of rotatable bonds is 5. The number of amides is 3. The van der Waals surface area contributed by atoms with E-state index in [1.807, 2.05) is 0 Å². The third-order valence-corrected chi connectivity index (χ3v) is 4.49. The molecule has 0 aromatic rings. The zero-order valence-corrected chi connectivity index (χ0v) is 12.1. The summed E-state index contributed by atoms with van der Waals surface area (Å²) in [6, 6.07) is -0.687. The second-order valence-corrected chi connectivity index (χ2v) is 5.96. The molecule has 0 bridgehead atoms. The average Bonchev–Trinajstić information content (AvgIpc) is 3.06. The van der Waals surface area contributed by atoms with Gasteiger partial charge in [0.05, 0.1) is 5.92 Å². The highest BCUT2D eigenvalue weighted by atomic mass is 16.4. The summed E-state index contributed by atoms with van der Waals surface area (Å²) >= 11 is 0. The molecule has 2 atom stereocenters. The van der Waals surface area contributed by atoms with E-state index in [4.69, 9.17) is 10.8 Å². The Hall–Kier alpha value is -1.79. The predicted molar refractivity (Wildman–Crippen MR) is 75.5 cm³/mol. The maximum atomic E-state index is 12.4. The molecule has 0 radical (unpaired) electrons. The van der Waals surface area contributed by atoms with Crippen LogP contribution in [0.25, 0.3) is 0 Å². The lowest BCUT2D eigenvalue weighted by atomic mass is 10.0. The summed E-state index contributed by atoms with van der Waals surface area (Å²) in [6.45, 7) is -0.110. The van der Waals surface area contributed by atoms with Crippen LogP contribution in [-0.4, -0.2) is 46.5 Å². The minimum absolute atomic E-state index is 0.0298. The highest BCUT2D eigenvalue weighted by Gasteiger charge is 2.36. The highest BCUT2D eigenvalue weighted by Crippen LogP contribution is 2.27. The van der Waals surface area contributed by atoms with Gasteiger partial charge in [-0.05, 0) is 25.7 Å². The van der Waals surface area contributed by atoms with Crippen LogP contribution in [0.4, 0.5) is 4.79 Å². The summed E-state index contributed by atoms with van der Waals surface area (Å²) in [5.74, 6) is -1.95. The van der Waals surface area contributed by atoms with E-state index in [9.17, 15) is 14.4 Å². The lowest BCUT2D eigenvalue weighted by Crippen LogP contribution is -2.52. The number of nitrogens with two attached hydrogens (primary N) is 1. The first kappa shape index (κ1) is 15.6. The van der Waals surface area contributed by atoms with Crippen LogP contribution in [0.15, 0.2) is 0 Å². The molecule has 4 N–H and O–H groups in total. The van der Waals surface area contributed by atoms with E-state index in [1.54, 1.807) is 0 Å². The van der Waals surface area contributed by atoms with Crippen LogP contribution in [0.5, 0.6) is 0 Å². The zero-order chi connectivity index (χ0) is 15.4. The summed E-state index contributed by atoms with van der Waals surface area (Å²) in [7, 11) is 0. The van der Waals surface area contributed by atoms with Crippen molar-refractivity contribution in [2.24, 2.45) is 11.7 Å². The number of carboxylic acids is 1. The van der Waals surface area contributed by atoms with Crippen LogP contribution in [0.2, 0.25) is 0 Å². The first-order chi connectivity index (χ1) is 9.99. The Morgan fingerprint density at radius 1 is 1.10 bits per heavy atom. The number of urea groups is 1. The molecule has 0 aromatic heterocycles. The summed E-state index contributed by atoms with van der Waals surface area (Å²) < 4.78 is 0. The summed E-state index contributed by atoms with van der Waals surface area (Å²) in [5, 5.41) is 11.9. The van der Waals surface area contributed by atoms with E-state index in [2.05, 4.69) is 5.32 Å². The molecule has 2 aliphatic carbocycles. The van der Waals surface area contributed by atoms with Gasteiger partial charge in [0.2, 0.25) is 5.91 Å². The van der Waals surface area contributed by atoms with E-state index in [1.165, 1.54) is 4.90 Å². The van der Waals surface area contributed by atoms with E-state index < -0.39 is 17.8 Å². The van der Waals surface area contributed by atoms with Crippen molar-refractivity contribution in [3.63, 3.8) is 0 Å². The van der Waals surface area contributed by atoms with Gasteiger partial charge in [-0.1, -0.05) is 19.3 Å². The van der Waals surface area contributed by atoms with Gasteiger partial charge in [0.15, 0.2) is 0 Å². The Morgan fingerprint density at radius 2 is 1.76 bits per heavy atom. The van der Waals surface area contributed by atoms with Gasteiger partial charge < -0.3 is 21.1 Å². The molecule has 0 aromatic carbocycles. The van der Waals surface area contributed by atoms with Crippen molar-refractivity contribution >= 4 is 17.9 Å². The molecule has 0 heterocycles. The van der Waals surface area contributed by atoms with Crippen molar-refractivity contribution in [3.05, 3.63) is 0 Å². The molecular weight excluding hydrogens is 274 g/mol. The van der Waals surface area contributed by atoms with Crippen LogP contribution in [-0.2, 0) is 9.59 Å². The molecule has 0 spiro atoms. The fraction of sp³-hybridized carbons (Fsp3) is 0.786. The molecule has 0 saturated heterocycles. The number of nitrogens with one attached hydrogen (secondary N) is 1. The van der Waals surface area contributed by atoms with Crippen LogP contribution >= 0.6 is 0 Å². The van der Waals surface area contributed by atoms with Crippen LogP contribution in [0.1, 0.15) is 44.9 Å². The number of carbonyl (C=O) groups excluding carboxylic acids is 2. The predicted octanol–water partition coefficient (Wildman–Crippen LogP) is 0.679. The van der Waals surface area contributed by atoms with Gasteiger partial charge in [-0.3, -0.25) is 9.59 Å². The molecule has 21 heavy (non-hydrogen) atoms. The summed E-state index contributed by atoms with van der Waals surface area (Å²) in [5.41, 5.74) is 5.23. The Morgan fingerprint density at radius 3 is 2.33 bits per heavy atom. The maximum Gasteiger partial charge on any atom is 0.318 e. The topological polar surface area (TPSA) is 113 Å². The fourth-order valence-corrected chi connectivity index (χ4v) is 3.42. The molecule has 2 saturated carbocycles. The van der Waals surface area contributed by atoms with Gasteiger partial charge in [0.25, 0.3) is 0 Å². The second-order valence-electron chi connectivity index (χ2n) is 5.96. The van der Waals surface area contributed by atoms with E-state index in [0.29, 0.717) is 12.8 Å². The molecule has 7 heteroatoms. The molecule has 3 amide bonds. The van der Waals surface area contributed by atoms with Crippen molar-refractivity contribution in [2.45, 2.75) is 57.0 Å². The number of hydrogen-bond acceptors (Lipinski definition) is 3. The Kier molecular flexibility index (Phi) is 5.03. The molecule has 0 aliphatic heterocycles. The minimum Gasteiger partial charge on any atom is -0.481 e. The van der Waals surface area contributed by atoms with Crippen LogP contribution < -0.4 is 11.1 Å². The number of carbonyl (C=O) groups is 3. The van der Waals surface area contributed by atoms with E-state index >= 15 is 0 Å². The summed E-state index contributed by atoms with van der Waals surface area (Å²) in [4.78, 5) is 36.2. The van der Waals surface area contributed by atoms with Gasteiger partial charge >= 0.3 is 12.0 Å². The van der Waals surface area contributed by atoms with Gasteiger partial charge in [-0.15, -0.1) is 0 Å². The van der Waals surface area contributed by atoms with Crippen molar-refractivity contribution < 1.29 is 19.5 Å². The number of hydrogen-bond donors (Lipinski definition) is 3. The highest BCUT2D eigenvalue weighted by molar-refractivity contribution is 5.84. The molecule has 2 fully saturated rings. The molecule has 2 aliphatic rings. The smallest absolute Gasteiger partial charge is 0.318 e. The van der Waals surface area contributed by atoms with Gasteiger partial charge in [-0.25, -0.2) is 4.79 Å².